The van der Waals surface area contributed by atoms with Crippen molar-refractivity contribution in [1.29, 1.82) is 0 Å². The Labute approximate surface area is 121 Å². The molecule has 2 nitrogen and oxygen atoms in total. The predicted molar refractivity (Wildman–Crippen MR) is 84.5 cm³/mol. The molecule has 0 bridgehead atoms. The van der Waals surface area contributed by atoms with Gasteiger partial charge in [0.25, 0.3) is 0 Å². The van der Waals surface area contributed by atoms with Crippen LogP contribution in [0.2, 0.25) is 0 Å². The predicted octanol–water partition coefficient (Wildman–Crippen LogP) is 4.58. The smallest absolute Gasteiger partial charge is 0.119 e. The first kappa shape index (κ1) is 16.1. The van der Waals surface area contributed by atoms with Gasteiger partial charge in [0.2, 0.25) is 0 Å². The minimum Gasteiger partial charge on any atom is -0.508 e. The van der Waals surface area contributed by atoms with E-state index in [1.54, 1.807) is 12.1 Å². The fourth-order valence-corrected chi connectivity index (χ4v) is 2.39. The molecular weight excluding hydrogens is 248 g/mol. The van der Waals surface area contributed by atoms with Crippen LogP contribution in [-0.2, 0) is 6.42 Å². The molecule has 0 heterocycles. The lowest BCUT2D eigenvalue weighted by atomic mass is 10.0. The van der Waals surface area contributed by atoms with Gasteiger partial charge in [-0.15, -0.1) is 0 Å². The zero-order valence-electron chi connectivity index (χ0n) is 13.0. The Morgan fingerprint density at radius 2 is 1.25 bits per heavy atom. The molecule has 0 unspecified atom stereocenters. The summed E-state index contributed by atoms with van der Waals surface area (Å²) < 4.78 is 0. The van der Waals surface area contributed by atoms with Gasteiger partial charge in [-0.05, 0) is 80.1 Å². The third kappa shape index (κ3) is 4.61. The van der Waals surface area contributed by atoms with Gasteiger partial charge in [-0.25, -0.2) is 0 Å². The van der Waals surface area contributed by atoms with Crippen molar-refractivity contribution in [2.75, 3.05) is 0 Å². The monoisotopic (exact) mass is 272 g/mol. The van der Waals surface area contributed by atoms with E-state index in [9.17, 15) is 5.11 Å². The second-order valence-corrected chi connectivity index (χ2v) is 5.28. The van der Waals surface area contributed by atoms with Gasteiger partial charge in [0, 0.05) is 0 Å². The minimum absolute atomic E-state index is 0.354. The normalized spacial score (nSPS) is 9.85. The summed E-state index contributed by atoms with van der Waals surface area (Å²) >= 11 is 0. The summed E-state index contributed by atoms with van der Waals surface area (Å²) in [6, 6.07) is 9.42. The maximum Gasteiger partial charge on any atom is 0.119 e. The molecule has 2 aromatic carbocycles. The number of phenols is 2. The number of hydrogen-bond acceptors (Lipinski definition) is 2. The van der Waals surface area contributed by atoms with E-state index in [0.717, 1.165) is 28.7 Å². The number of aromatic hydroxyl groups is 2. The first-order valence-corrected chi connectivity index (χ1v) is 6.89. The van der Waals surface area contributed by atoms with E-state index in [2.05, 4.69) is 13.0 Å². The highest BCUT2D eigenvalue weighted by Gasteiger charge is 2.02. The summed E-state index contributed by atoms with van der Waals surface area (Å²) in [6.07, 6.45) is 0.901. The fourth-order valence-electron chi connectivity index (χ4n) is 2.39. The maximum atomic E-state index is 9.47. The Balaban J connectivity index is 0.000000204. The molecular formula is C18H24O2. The summed E-state index contributed by atoms with van der Waals surface area (Å²) in [7, 11) is 0. The van der Waals surface area contributed by atoms with Crippen LogP contribution in [0.3, 0.4) is 0 Å². The van der Waals surface area contributed by atoms with E-state index in [0.29, 0.717) is 11.5 Å². The Morgan fingerprint density at radius 3 is 1.65 bits per heavy atom. The molecule has 0 atom stereocenters. The fraction of sp³-hybridized carbons (Fsp3) is 0.333. The second-order valence-electron chi connectivity index (χ2n) is 5.28. The highest BCUT2D eigenvalue weighted by Crippen LogP contribution is 2.22. The molecule has 0 aliphatic carbocycles. The molecule has 2 rings (SSSR count). The third-order valence-corrected chi connectivity index (χ3v) is 3.15. The van der Waals surface area contributed by atoms with Crippen molar-refractivity contribution in [2.45, 2.75) is 41.0 Å². The van der Waals surface area contributed by atoms with Gasteiger partial charge >= 0.3 is 0 Å². The van der Waals surface area contributed by atoms with Crippen LogP contribution < -0.4 is 0 Å². The molecule has 0 saturated heterocycles. The Morgan fingerprint density at radius 1 is 0.750 bits per heavy atom. The molecule has 0 aliphatic heterocycles. The average Bonchev–Trinajstić information content (AvgIpc) is 2.26. The van der Waals surface area contributed by atoms with Crippen LogP contribution >= 0.6 is 0 Å². The molecule has 2 N–H and O–H groups in total. The summed E-state index contributed by atoms with van der Waals surface area (Å²) in [5.74, 6) is 0.789. The van der Waals surface area contributed by atoms with Crippen molar-refractivity contribution < 1.29 is 10.2 Å². The number of benzene rings is 2. The van der Waals surface area contributed by atoms with E-state index in [1.807, 2.05) is 39.8 Å². The van der Waals surface area contributed by atoms with E-state index in [1.165, 1.54) is 5.56 Å². The number of aryl methyl sites for hydroxylation is 4. The molecule has 0 amide bonds. The average molecular weight is 272 g/mol. The van der Waals surface area contributed by atoms with Crippen molar-refractivity contribution in [3.63, 3.8) is 0 Å². The van der Waals surface area contributed by atoms with Crippen LogP contribution in [0, 0.1) is 27.7 Å². The summed E-state index contributed by atoms with van der Waals surface area (Å²) in [5, 5.41) is 18.5. The van der Waals surface area contributed by atoms with Crippen LogP contribution in [0.25, 0.3) is 0 Å². The van der Waals surface area contributed by atoms with Crippen molar-refractivity contribution in [2.24, 2.45) is 0 Å². The number of phenolic OH excluding ortho intramolecular Hbond substituents is 2. The minimum atomic E-state index is 0.354. The Bertz CT molecular complexity index is 512. The van der Waals surface area contributed by atoms with Crippen LogP contribution in [-0.4, -0.2) is 10.2 Å². The van der Waals surface area contributed by atoms with Crippen LogP contribution in [0.4, 0.5) is 0 Å². The molecule has 0 saturated carbocycles. The van der Waals surface area contributed by atoms with Crippen molar-refractivity contribution in [3.8, 4) is 11.5 Å². The van der Waals surface area contributed by atoms with Gasteiger partial charge in [-0.3, -0.25) is 0 Å². The highest BCUT2D eigenvalue weighted by atomic mass is 16.3. The highest BCUT2D eigenvalue weighted by molar-refractivity contribution is 5.41. The summed E-state index contributed by atoms with van der Waals surface area (Å²) in [5.41, 5.74) is 5.58. The zero-order chi connectivity index (χ0) is 15.3. The maximum absolute atomic E-state index is 9.47. The number of rotatable bonds is 1. The lowest BCUT2D eigenvalue weighted by Crippen LogP contribution is -1.88. The Hall–Kier alpha value is -1.96. The van der Waals surface area contributed by atoms with E-state index < -0.39 is 0 Å². The van der Waals surface area contributed by atoms with E-state index in [-0.39, 0.29) is 0 Å². The molecule has 0 aliphatic rings. The molecule has 108 valence electrons. The molecule has 0 spiro atoms. The quantitative estimate of drug-likeness (QED) is 0.797. The molecule has 0 fully saturated rings. The topological polar surface area (TPSA) is 40.5 Å². The van der Waals surface area contributed by atoms with E-state index in [4.69, 9.17) is 5.11 Å². The summed E-state index contributed by atoms with van der Waals surface area (Å²) in [6.45, 7) is 10.0. The second kappa shape index (κ2) is 6.99. The summed E-state index contributed by atoms with van der Waals surface area (Å²) in [4.78, 5) is 0. The van der Waals surface area contributed by atoms with Gasteiger partial charge in [-0.1, -0.05) is 19.1 Å². The SMILES string of the molecule is CCc1c(C)cc(C)cc1O.Cc1cc(C)cc(O)c1. The standard InChI is InChI=1S/C10H14O.C8H10O/c1-4-9-8(3)5-7(2)6-10(9)11;1-6-3-7(2)5-8(9)4-6/h5-6,11H,4H2,1-3H3;3-5,9H,1-2H3. The largest absolute Gasteiger partial charge is 0.508 e. The van der Waals surface area contributed by atoms with E-state index >= 15 is 0 Å². The molecule has 2 heteroatoms. The zero-order valence-corrected chi connectivity index (χ0v) is 13.0. The number of hydrogen-bond donors (Lipinski definition) is 2. The lowest BCUT2D eigenvalue weighted by Gasteiger charge is -2.06. The van der Waals surface area contributed by atoms with Crippen molar-refractivity contribution in [1.82, 2.24) is 0 Å². The molecule has 0 aromatic heterocycles. The van der Waals surface area contributed by atoms with Crippen LogP contribution in [0.1, 0.15) is 34.7 Å². The first-order valence-electron chi connectivity index (χ1n) is 6.89. The first-order chi connectivity index (χ1) is 9.33. The Kier molecular flexibility index (Phi) is 5.63. The third-order valence-electron chi connectivity index (χ3n) is 3.15. The van der Waals surface area contributed by atoms with Gasteiger partial charge in [0.1, 0.15) is 11.5 Å². The van der Waals surface area contributed by atoms with Gasteiger partial charge in [0.05, 0.1) is 0 Å². The van der Waals surface area contributed by atoms with Gasteiger partial charge in [0.15, 0.2) is 0 Å². The van der Waals surface area contributed by atoms with Crippen LogP contribution in [0.15, 0.2) is 30.3 Å². The molecule has 0 radical (unpaired) electrons. The lowest BCUT2D eigenvalue weighted by molar-refractivity contribution is 0.467. The molecule has 20 heavy (non-hydrogen) atoms. The van der Waals surface area contributed by atoms with Crippen molar-refractivity contribution in [3.05, 3.63) is 58.1 Å². The molecule has 2 aromatic rings. The van der Waals surface area contributed by atoms with Gasteiger partial charge < -0.3 is 10.2 Å². The van der Waals surface area contributed by atoms with Gasteiger partial charge in [-0.2, -0.15) is 0 Å². The van der Waals surface area contributed by atoms with Crippen LogP contribution in [0.5, 0.6) is 11.5 Å². The van der Waals surface area contributed by atoms with Crippen molar-refractivity contribution >= 4 is 0 Å².